The van der Waals surface area contributed by atoms with Crippen molar-refractivity contribution in [2.24, 2.45) is 0 Å². The van der Waals surface area contributed by atoms with E-state index in [2.05, 4.69) is 26.2 Å². The number of ether oxygens (including phenoxy) is 3. The summed E-state index contributed by atoms with van der Waals surface area (Å²) >= 11 is 1.45. The van der Waals surface area contributed by atoms with E-state index in [0.29, 0.717) is 34.5 Å². The number of phenols is 1. The molecule has 0 spiro atoms. The van der Waals surface area contributed by atoms with Crippen LogP contribution >= 0.6 is 11.8 Å². The standard InChI is InChI=1S/C38H34N6O6S/c45-23-25-9-11-26(12-10-25)35-22-34(24-51-38-41-42-43-44(38)30-15-17-31(46)18-16-30)49-36(50-35)27-5-4-6-29(21-27)40-37(47)39-28-13-19-33(20-14-28)48-32-7-2-1-3-8-32/h1-21,34-36,45-46H,22-24H2,(H2,39,40,47)/t34-,35+,36+/m1/s1. The zero-order valence-corrected chi connectivity index (χ0v) is 28.0. The maximum Gasteiger partial charge on any atom is 0.323 e. The number of aliphatic hydroxyl groups excluding tert-OH is 1. The molecule has 13 heteroatoms. The number of aromatic hydroxyl groups is 1. The molecule has 258 valence electrons. The minimum atomic E-state index is -0.734. The number of benzene rings is 5. The number of urea groups is 1. The fraction of sp³-hybridized carbons (Fsp3) is 0.158. The van der Waals surface area contributed by atoms with Crippen molar-refractivity contribution in [3.05, 3.63) is 144 Å². The zero-order valence-electron chi connectivity index (χ0n) is 27.2. The lowest BCUT2D eigenvalue weighted by Crippen LogP contribution is -2.31. The lowest BCUT2D eigenvalue weighted by Gasteiger charge is -2.36. The number of nitrogens with zero attached hydrogens (tertiary/aromatic N) is 4. The van der Waals surface area contributed by atoms with Gasteiger partial charge in [0.15, 0.2) is 6.29 Å². The summed E-state index contributed by atoms with van der Waals surface area (Å²) in [5.41, 5.74) is 4.39. The van der Waals surface area contributed by atoms with Crippen molar-refractivity contribution in [1.29, 1.82) is 0 Å². The molecule has 0 aliphatic carbocycles. The highest BCUT2D eigenvalue weighted by atomic mass is 32.2. The second-order valence-corrected chi connectivity index (χ2v) is 12.7. The van der Waals surface area contributed by atoms with Crippen molar-refractivity contribution >= 4 is 29.2 Å². The molecule has 3 atom stereocenters. The molecule has 4 N–H and O–H groups in total. The molecular weight excluding hydrogens is 669 g/mol. The maximum atomic E-state index is 13.0. The predicted molar refractivity (Wildman–Crippen MR) is 192 cm³/mol. The van der Waals surface area contributed by atoms with Crippen LogP contribution in [0.1, 0.15) is 35.5 Å². The Kier molecular flexibility index (Phi) is 10.5. The van der Waals surface area contributed by atoms with Gasteiger partial charge < -0.3 is 35.1 Å². The first-order chi connectivity index (χ1) is 25.0. The number of aromatic nitrogens is 4. The molecule has 1 aromatic heterocycles. The molecule has 0 unspecified atom stereocenters. The summed E-state index contributed by atoms with van der Waals surface area (Å²) in [6.45, 7) is -0.0477. The summed E-state index contributed by atoms with van der Waals surface area (Å²) in [5, 5.41) is 37.8. The molecule has 0 radical (unpaired) electrons. The van der Waals surface area contributed by atoms with Gasteiger partial charge in [-0.05, 0) is 94.4 Å². The number of tetrazole rings is 1. The van der Waals surface area contributed by atoms with Gasteiger partial charge in [0.25, 0.3) is 0 Å². The number of hydrogen-bond donors (Lipinski definition) is 4. The summed E-state index contributed by atoms with van der Waals surface area (Å²) in [4.78, 5) is 13.0. The van der Waals surface area contributed by atoms with Crippen LogP contribution in [0.2, 0.25) is 0 Å². The largest absolute Gasteiger partial charge is 0.508 e. The van der Waals surface area contributed by atoms with Crippen LogP contribution < -0.4 is 15.4 Å². The third kappa shape index (κ3) is 8.71. The minimum absolute atomic E-state index is 0.0477. The summed E-state index contributed by atoms with van der Waals surface area (Å²) in [6.07, 6.45) is -0.723. The Morgan fingerprint density at radius 2 is 1.57 bits per heavy atom. The predicted octanol–water partition coefficient (Wildman–Crippen LogP) is 7.63. The Morgan fingerprint density at radius 3 is 2.33 bits per heavy atom. The van der Waals surface area contributed by atoms with Crippen molar-refractivity contribution < 1.29 is 29.2 Å². The normalized spacial score (nSPS) is 17.1. The summed E-state index contributed by atoms with van der Waals surface area (Å²) < 4.78 is 20.5. The minimum Gasteiger partial charge on any atom is -0.508 e. The monoisotopic (exact) mass is 702 g/mol. The van der Waals surface area contributed by atoms with E-state index in [9.17, 15) is 15.0 Å². The van der Waals surface area contributed by atoms with Gasteiger partial charge in [-0.1, -0.05) is 66.4 Å². The first-order valence-corrected chi connectivity index (χ1v) is 17.2. The summed E-state index contributed by atoms with van der Waals surface area (Å²) in [6, 6.07) is 37.8. The Morgan fingerprint density at radius 1 is 0.824 bits per heavy atom. The molecule has 0 saturated carbocycles. The second kappa shape index (κ2) is 15.9. The number of anilines is 2. The Balaban J connectivity index is 1.03. The lowest BCUT2D eigenvalue weighted by molar-refractivity contribution is -0.245. The van der Waals surface area contributed by atoms with Crippen LogP contribution in [0.15, 0.2) is 133 Å². The maximum absolute atomic E-state index is 13.0. The van der Waals surface area contributed by atoms with Gasteiger partial charge in [-0.3, -0.25) is 0 Å². The third-order valence-corrected chi connectivity index (χ3v) is 9.11. The summed E-state index contributed by atoms with van der Waals surface area (Å²) in [5.74, 6) is 2.06. The Hall–Kier alpha value is -5.73. The average Bonchev–Trinajstić information content (AvgIpc) is 3.64. The van der Waals surface area contributed by atoms with Crippen LogP contribution in [-0.4, -0.2) is 48.3 Å². The Labute approximate surface area is 298 Å². The van der Waals surface area contributed by atoms with Gasteiger partial charge in [-0.15, -0.1) is 5.10 Å². The number of carbonyl (C=O) groups is 1. The molecule has 1 aliphatic heterocycles. The van der Waals surface area contributed by atoms with Crippen molar-refractivity contribution in [1.82, 2.24) is 20.2 Å². The molecule has 6 aromatic rings. The fourth-order valence-electron chi connectivity index (χ4n) is 5.50. The van der Waals surface area contributed by atoms with Crippen molar-refractivity contribution in [3.63, 3.8) is 0 Å². The van der Waals surface area contributed by atoms with Crippen molar-refractivity contribution in [3.8, 4) is 22.9 Å². The van der Waals surface area contributed by atoms with Crippen LogP contribution in [0.3, 0.4) is 0 Å². The zero-order chi connectivity index (χ0) is 35.0. The van der Waals surface area contributed by atoms with Crippen molar-refractivity contribution in [2.75, 3.05) is 16.4 Å². The van der Waals surface area contributed by atoms with Gasteiger partial charge in [-0.2, -0.15) is 4.68 Å². The molecule has 1 fully saturated rings. The number of hydrogen-bond acceptors (Lipinski definition) is 10. The molecule has 51 heavy (non-hydrogen) atoms. The highest BCUT2D eigenvalue weighted by Gasteiger charge is 2.33. The highest BCUT2D eigenvalue weighted by Crippen LogP contribution is 2.40. The van der Waals surface area contributed by atoms with E-state index in [1.165, 1.54) is 11.8 Å². The van der Waals surface area contributed by atoms with Gasteiger partial charge in [0.1, 0.15) is 17.2 Å². The molecular formula is C38H34N6O6S. The summed E-state index contributed by atoms with van der Waals surface area (Å²) in [7, 11) is 0. The first kappa shape index (κ1) is 33.8. The number of aliphatic hydroxyl groups is 1. The van der Waals surface area contributed by atoms with Gasteiger partial charge >= 0.3 is 6.03 Å². The van der Waals surface area contributed by atoms with E-state index < -0.39 is 12.3 Å². The van der Waals surface area contributed by atoms with Crippen LogP contribution in [0.5, 0.6) is 17.2 Å². The molecule has 5 aromatic carbocycles. The SMILES string of the molecule is O=C(Nc1ccc(Oc2ccccc2)cc1)Nc1cccc([C@H]2O[C@@H](CSc3nnnn3-c3ccc(O)cc3)C[C@@H](c3ccc(CO)cc3)O2)c1. The number of thioether (sulfide) groups is 1. The Bertz CT molecular complexity index is 2050. The van der Waals surface area contributed by atoms with Crippen molar-refractivity contribution in [2.45, 2.75) is 36.7 Å². The van der Waals surface area contributed by atoms with E-state index in [1.807, 2.05) is 72.8 Å². The van der Waals surface area contributed by atoms with E-state index in [0.717, 1.165) is 28.1 Å². The number of nitrogens with one attached hydrogen (secondary N) is 2. The molecule has 1 aliphatic rings. The van der Waals surface area contributed by atoms with Gasteiger partial charge in [0.2, 0.25) is 5.16 Å². The van der Waals surface area contributed by atoms with Gasteiger partial charge in [0, 0.05) is 29.1 Å². The molecule has 0 bridgehead atoms. The van der Waals surface area contributed by atoms with Gasteiger partial charge in [0.05, 0.1) is 24.5 Å². The molecule has 2 heterocycles. The second-order valence-electron chi connectivity index (χ2n) is 11.7. The molecule has 1 saturated heterocycles. The van der Waals surface area contributed by atoms with Gasteiger partial charge in [-0.25, -0.2) is 4.79 Å². The van der Waals surface area contributed by atoms with Crippen LogP contribution in [-0.2, 0) is 16.1 Å². The van der Waals surface area contributed by atoms with E-state index in [-0.39, 0.29) is 24.6 Å². The number of phenolic OH excluding ortho intramolecular Hbond substituents is 1. The first-order valence-electron chi connectivity index (χ1n) is 16.2. The van der Waals surface area contributed by atoms with E-state index in [1.54, 1.807) is 59.3 Å². The lowest BCUT2D eigenvalue weighted by atomic mass is 10.0. The van der Waals surface area contributed by atoms with E-state index >= 15 is 0 Å². The van der Waals surface area contributed by atoms with Crippen LogP contribution in [0.4, 0.5) is 16.2 Å². The van der Waals surface area contributed by atoms with E-state index in [4.69, 9.17) is 14.2 Å². The highest BCUT2D eigenvalue weighted by molar-refractivity contribution is 7.99. The quantitative estimate of drug-likeness (QED) is 0.0992. The topological polar surface area (TPSA) is 153 Å². The number of rotatable bonds is 11. The number of para-hydroxylation sites is 1. The number of carbonyl (C=O) groups excluding carboxylic acids is 1. The van der Waals surface area contributed by atoms with Crippen LogP contribution in [0, 0.1) is 0 Å². The number of amides is 2. The molecule has 2 amide bonds. The molecule has 7 rings (SSSR count). The molecule has 12 nitrogen and oxygen atoms in total. The van der Waals surface area contributed by atoms with Crippen LogP contribution in [0.25, 0.3) is 5.69 Å². The smallest absolute Gasteiger partial charge is 0.323 e. The average molecular weight is 703 g/mol. The third-order valence-electron chi connectivity index (χ3n) is 8.06. The fourth-order valence-corrected chi connectivity index (χ4v) is 6.41.